The fourth-order valence-corrected chi connectivity index (χ4v) is 1.90. The molecule has 0 spiro atoms. The van der Waals surface area contributed by atoms with E-state index >= 15 is 0 Å². The van der Waals surface area contributed by atoms with Crippen LogP contribution in [0.25, 0.3) is 0 Å². The predicted octanol–water partition coefficient (Wildman–Crippen LogP) is 0.777. The van der Waals surface area contributed by atoms with Gasteiger partial charge >= 0.3 is 0 Å². The molecule has 0 atom stereocenters. The predicted molar refractivity (Wildman–Crippen MR) is 63.3 cm³/mol. The first-order valence-corrected chi connectivity index (χ1v) is 6.02. The Balaban J connectivity index is 1.93. The maximum Gasteiger partial charge on any atom is 0.107 e. The standard InChI is InChI=1S/C10H19N3OS/c1-9-8-15-10(13-9)7-12-4-3-11-5-6-14-2/h8,11-12H,3-7H2,1-2H3. The molecule has 0 unspecified atom stereocenters. The summed E-state index contributed by atoms with van der Waals surface area (Å²) in [5, 5.41) is 9.84. The Morgan fingerprint density at radius 1 is 1.33 bits per heavy atom. The van der Waals surface area contributed by atoms with Crippen LogP contribution in [0.2, 0.25) is 0 Å². The highest BCUT2D eigenvalue weighted by atomic mass is 32.1. The molecule has 2 N–H and O–H groups in total. The van der Waals surface area contributed by atoms with Gasteiger partial charge in [0, 0.05) is 44.4 Å². The smallest absolute Gasteiger partial charge is 0.107 e. The van der Waals surface area contributed by atoms with E-state index in [0.29, 0.717) is 0 Å². The SMILES string of the molecule is COCCNCCNCc1nc(C)cs1. The van der Waals surface area contributed by atoms with Gasteiger partial charge in [0.25, 0.3) is 0 Å². The lowest BCUT2D eigenvalue weighted by molar-refractivity contribution is 0.199. The van der Waals surface area contributed by atoms with E-state index in [1.54, 1.807) is 18.4 Å². The van der Waals surface area contributed by atoms with E-state index in [1.165, 1.54) is 0 Å². The van der Waals surface area contributed by atoms with Crippen molar-refractivity contribution in [2.24, 2.45) is 0 Å². The second-order valence-electron chi connectivity index (χ2n) is 3.30. The highest BCUT2D eigenvalue weighted by Crippen LogP contribution is 2.07. The van der Waals surface area contributed by atoms with Gasteiger partial charge in [-0.05, 0) is 6.92 Å². The number of hydrogen-bond donors (Lipinski definition) is 2. The zero-order chi connectivity index (χ0) is 10.9. The maximum absolute atomic E-state index is 4.93. The van der Waals surface area contributed by atoms with Crippen LogP contribution in [0.4, 0.5) is 0 Å². The summed E-state index contributed by atoms with van der Waals surface area (Å²) in [5.41, 5.74) is 1.11. The molecule has 0 aliphatic rings. The number of methoxy groups -OCH3 is 1. The summed E-state index contributed by atoms with van der Waals surface area (Å²) in [7, 11) is 1.71. The van der Waals surface area contributed by atoms with Gasteiger partial charge < -0.3 is 15.4 Å². The van der Waals surface area contributed by atoms with Crippen LogP contribution in [0.1, 0.15) is 10.7 Å². The molecule has 4 nitrogen and oxygen atoms in total. The molecule has 15 heavy (non-hydrogen) atoms. The molecule has 0 radical (unpaired) electrons. The highest BCUT2D eigenvalue weighted by molar-refractivity contribution is 7.09. The quantitative estimate of drug-likeness (QED) is 0.647. The number of hydrogen-bond acceptors (Lipinski definition) is 5. The van der Waals surface area contributed by atoms with Crippen LogP contribution >= 0.6 is 11.3 Å². The van der Waals surface area contributed by atoms with E-state index in [-0.39, 0.29) is 0 Å². The first kappa shape index (κ1) is 12.6. The molecule has 0 aromatic carbocycles. The molecule has 0 aliphatic heterocycles. The van der Waals surface area contributed by atoms with Crippen molar-refractivity contribution in [3.05, 3.63) is 16.1 Å². The molecule has 0 amide bonds. The number of nitrogens with one attached hydrogen (secondary N) is 2. The second kappa shape index (κ2) is 7.76. The lowest BCUT2D eigenvalue weighted by Gasteiger charge is -2.04. The largest absolute Gasteiger partial charge is 0.383 e. The molecular formula is C10H19N3OS. The first-order chi connectivity index (χ1) is 7.33. The average Bonchev–Trinajstić information content (AvgIpc) is 2.63. The maximum atomic E-state index is 4.93. The van der Waals surface area contributed by atoms with Crippen molar-refractivity contribution in [1.29, 1.82) is 0 Å². The van der Waals surface area contributed by atoms with Gasteiger partial charge in [0.1, 0.15) is 5.01 Å². The molecule has 0 saturated carbocycles. The Hall–Kier alpha value is -0.490. The van der Waals surface area contributed by atoms with Crippen LogP contribution in [0, 0.1) is 6.92 Å². The van der Waals surface area contributed by atoms with Crippen molar-refractivity contribution in [3.63, 3.8) is 0 Å². The van der Waals surface area contributed by atoms with Gasteiger partial charge in [0.15, 0.2) is 0 Å². The van der Waals surface area contributed by atoms with E-state index < -0.39 is 0 Å². The third-order valence-electron chi connectivity index (χ3n) is 1.90. The van der Waals surface area contributed by atoms with E-state index in [9.17, 15) is 0 Å². The third-order valence-corrected chi connectivity index (χ3v) is 2.87. The van der Waals surface area contributed by atoms with E-state index in [1.807, 2.05) is 6.92 Å². The van der Waals surface area contributed by atoms with Gasteiger partial charge in [-0.25, -0.2) is 4.98 Å². The molecule has 0 saturated heterocycles. The Kier molecular flexibility index (Phi) is 6.50. The number of ether oxygens (including phenoxy) is 1. The minimum absolute atomic E-state index is 0.770. The van der Waals surface area contributed by atoms with Crippen molar-refractivity contribution in [3.8, 4) is 0 Å². The first-order valence-electron chi connectivity index (χ1n) is 5.14. The summed E-state index contributed by atoms with van der Waals surface area (Å²) in [6.45, 7) is 6.49. The number of nitrogens with zero attached hydrogens (tertiary/aromatic N) is 1. The summed E-state index contributed by atoms with van der Waals surface area (Å²) < 4.78 is 4.93. The summed E-state index contributed by atoms with van der Waals surface area (Å²) in [4.78, 5) is 4.37. The lowest BCUT2D eigenvalue weighted by Crippen LogP contribution is -2.29. The van der Waals surface area contributed by atoms with Crippen LogP contribution < -0.4 is 10.6 Å². The Morgan fingerprint density at radius 2 is 2.13 bits per heavy atom. The Labute approximate surface area is 95.1 Å². The summed E-state index contributed by atoms with van der Waals surface area (Å²) >= 11 is 1.71. The monoisotopic (exact) mass is 229 g/mol. The van der Waals surface area contributed by atoms with Gasteiger partial charge in [-0.15, -0.1) is 11.3 Å². The van der Waals surface area contributed by atoms with Crippen molar-refractivity contribution in [2.75, 3.05) is 33.4 Å². The Bertz CT molecular complexity index is 265. The average molecular weight is 229 g/mol. The van der Waals surface area contributed by atoms with Crippen molar-refractivity contribution in [1.82, 2.24) is 15.6 Å². The summed E-state index contributed by atoms with van der Waals surface area (Å²) in [6.07, 6.45) is 0. The normalized spacial score (nSPS) is 10.8. The van der Waals surface area contributed by atoms with Crippen LogP contribution in [0.3, 0.4) is 0 Å². The molecule has 0 fully saturated rings. The molecular weight excluding hydrogens is 210 g/mol. The summed E-state index contributed by atoms with van der Waals surface area (Å²) in [6, 6.07) is 0. The van der Waals surface area contributed by atoms with Crippen LogP contribution in [0.5, 0.6) is 0 Å². The van der Waals surface area contributed by atoms with Gasteiger partial charge in [0.05, 0.1) is 6.61 Å². The van der Waals surface area contributed by atoms with Crippen LogP contribution in [0.15, 0.2) is 5.38 Å². The highest BCUT2D eigenvalue weighted by Gasteiger charge is 1.96. The van der Waals surface area contributed by atoms with Crippen molar-refractivity contribution >= 4 is 11.3 Å². The molecule has 1 aromatic heterocycles. The fraction of sp³-hybridized carbons (Fsp3) is 0.700. The molecule has 1 aromatic rings. The zero-order valence-electron chi connectivity index (χ0n) is 9.38. The Morgan fingerprint density at radius 3 is 2.80 bits per heavy atom. The minimum Gasteiger partial charge on any atom is -0.383 e. The third kappa shape index (κ3) is 5.84. The van der Waals surface area contributed by atoms with Gasteiger partial charge in [-0.2, -0.15) is 0 Å². The molecule has 0 aliphatic carbocycles. The van der Waals surface area contributed by atoms with Gasteiger partial charge in [0.2, 0.25) is 0 Å². The van der Waals surface area contributed by atoms with E-state index in [4.69, 9.17) is 4.74 Å². The summed E-state index contributed by atoms with van der Waals surface area (Å²) in [5.74, 6) is 0. The van der Waals surface area contributed by atoms with Crippen molar-refractivity contribution in [2.45, 2.75) is 13.5 Å². The fourth-order valence-electron chi connectivity index (χ4n) is 1.16. The topological polar surface area (TPSA) is 46.2 Å². The second-order valence-corrected chi connectivity index (χ2v) is 4.24. The van der Waals surface area contributed by atoms with Gasteiger partial charge in [-0.1, -0.05) is 0 Å². The van der Waals surface area contributed by atoms with Crippen LogP contribution in [-0.2, 0) is 11.3 Å². The zero-order valence-corrected chi connectivity index (χ0v) is 10.2. The van der Waals surface area contributed by atoms with Gasteiger partial charge in [-0.3, -0.25) is 0 Å². The lowest BCUT2D eigenvalue weighted by atomic mass is 10.5. The number of thiazole rings is 1. The van der Waals surface area contributed by atoms with Crippen molar-refractivity contribution < 1.29 is 4.74 Å². The molecule has 1 heterocycles. The molecule has 1 rings (SSSR count). The molecule has 5 heteroatoms. The molecule has 86 valence electrons. The van der Waals surface area contributed by atoms with E-state index in [0.717, 1.165) is 43.5 Å². The van der Waals surface area contributed by atoms with Crippen LogP contribution in [-0.4, -0.2) is 38.3 Å². The van der Waals surface area contributed by atoms with E-state index in [2.05, 4.69) is 21.0 Å². The number of aromatic nitrogens is 1. The minimum atomic E-state index is 0.770. The number of aryl methyl sites for hydroxylation is 1. The molecule has 0 bridgehead atoms. The number of rotatable bonds is 8.